The van der Waals surface area contributed by atoms with Crippen LogP contribution in [0.2, 0.25) is 0 Å². The molecule has 2 aromatic rings. The van der Waals surface area contributed by atoms with Gasteiger partial charge >= 0.3 is 6.03 Å². The molecule has 7 nitrogen and oxygen atoms in total. The molecule has 0 saturated carbocycles. The molecule has 0 atom stereocenters. The van der Waals surface area contributed by atoms with Crippen LogP contribution in [0.4, 0.5) is 20.6 Å². The molecular formula is C17H18FN3O4. The summed E-state index contributed by atoms with van der Waals surface area (Å²) < 4.78 is 23.3. The fourth-order valence-electron chi connectivity index (χ4n) is 1.99. The zero-order chi connectivity index (χ0) is 18.2. The number of carbonyl (C=O) groups is 2. The average molecular weight is 347 g/mol. The number of methoxy groups -OCH3 is 2. The lowest BCUT2D eigenvalue weighted by Crippen LogP contribution is -2.35. The second kappa shape index (κ2) is 8.53. The maximum Gasteiger partial charge on any atom is 0.319 e. The molecule has 132 valence electrons. The van der Waals surface area contributed by atoms with Gasteiger partial charge < -0.3 is 25.4 Å². The van der Waals surface area contributed by atoms with E-state index in [1.54, 1.807) is 24.3 Å². The maximum atomic E-state index is 13.0. The second-order valence-electron chi connectivity index (χ2n) is 4.97. The molecule has 3 N–H and O–H groups in total. The Bertz CT molecular complexity index is 745. The molecule has 0 aliphatic rings. The number of carbonyl (C=O) groups excluding carboxylic acids is 2. The largest absolute Gasteiger partial charge is 0.497 e. The number of hydrogen-bond acceptors (Lipinski definition) is 4. The Morgan fingerprint density at radius 3 is 2.24 bits per heavy atom. The monoisotopic (exact) mass is 347 g/mol. The van der Waals surface area contributed by atoms with Crippen molar-refractivity contribution in [1.29, 1.82) is 0 Å². The number of benzene rings is 2. The molecule has 0 unspecified atom stereocenters. The molecule has 25 heavy (non-hydrogen) atoms. The van der Waals surface area contributed by atoms with Crippen molar-refractivity contribution in [1.82, 2.24) is 5.32 Å². The van der Waals surface area contributed by atoms with Crippen LogP contribution in [0.5, 0.6) is 11.5 Å². The van der Waals surface area contributed by atoms with E-state index in [1.807, 2.05) is 0 Å². The van der Waals surface area contributed by atoms with Gasteiger partial charge in [0, 0.05) is 29.6 Å². The van der Waals surface area contributed by atoms with E-state index in [0.717, 1.165) is 0 Å². The zero-order valence-corrected chi connectivity index (χ0v) is 13.8. The lowest BCUT2D eigenvalue weighted by Gasteiger charge is -2.11. The third-order valence-electron chi connectivity index (χ3n) is 3.13. The first-order chi connectivity index (χ1) is 12.0. The Balaban J connectivity index is 1.87. The molecule has 8 heteroatoms. The van der Waals surface area contributed by atoms with Crippen LogP contribution in [0.25, 0.3) is 0 Å². The van der Waals surface area contributed by atoms with E-state index in [-0.39, 0.29) is 6.54 Å². The van der Waals surface area contributed by atoms with Crippen molar-refractivity contribution in [2.24, 2.45) is 0 Å². The number of anilines is 2. The first-order valence-electron chi connectivity index (χ1n) is 7.33. The van der Waals surface area contributed by atoms with Crippen LogP contribution < -0.4 is 25.4 Å². The number of nitrogens with one attached hydrogen (secondary N) is 3. The van der Waals surface area contributed by atoms with Gasteiger partial charge in [-0.3, -0.25) is 4.79 Å². The van der Waals surface area contributed by atoms with Crippen LogP contribution >= 0.6 is 0 Å². The molecule has 0 aliphatic heterocycles. The highest BCUT2D eigenvalue weighted by molar-refractivity contribution is 5.97. The lowest BCUT2D eigenvalue weighted by molar-refractivity contribution is -0.115. The van der Waals surface area contributed by atoms with Crippen LogP contribution in [-0.2, 0) is 4.79 Å². The predicted molar refractivity (Wildman–Crippen MR) is 91.6 cm³/mol. The van der Waals surface area contributed by atoms with E-state index in [2.05, 4.69) is 16.0 Å². The van der Waals surface area contributed by atoms with Gasteiger partial charge in [0.15, 0.2) is 0 Å². The quantitative estimate of drug-likeness (QED) is 0.749. The maximum absolute atomic E-state index is 13.0. The minimum absolute atomic E-state index is 0.274. The molecule has 0 spiro atoms. The van der Waals surface area contributed by atoms with Crippen molar-refractivity contribution in [2.75, 3.05) is 31.4 Å². The van der Waals surface area contributed by atoms with E-state index in [9.17, 15) is 14.0 Å². The molecular weight excluding hydrogens is 329 g/mol. The Hall–Kier alpha value is -3.29. The van der Waals surface area contributed by atoms with Crippen LogP contribution in [0.15, 0.2) is 42.5 Å². The Kier molecular flexibility index (Phi) is 6.16. The highest BCUT2D eigenvalue weighted by atomic mass is 19.1. The number of amides is 3. The van der Waals surface area contributed by atoms with Crippen molar-refractivity contribution in [3.8, 4) is 11.5 Å². The SMILES string of the molecule is COc1cc(NC(=O)NCC(=O)Nc2cccc(F)c2)cc(OC)c1. The molecule has 0 aromatic heterocycles. The Morgan fingerprint density at radius 2 is 1.64 bits per heavy atom. The summed E-state index contributed by atoms with van der Waals surface area (Å²) in [7, 11) is 2.99. The van der Waals surface area contributed by atoms with E-state index in [0.29, 0.717) is 22.9 Å². The second-order valence-corrected chi connectivity index (χ2v) is 4.97. The molecule has 2 aromatic carbocycles. The summed E-state index contributed by atoms with van der Waals surface area (Å²) in [5, 5.41) is 7.45. The van der Waals surface area contributed by atoms with Crippen molar-refractivity contribution < 1.29 is 23.5 Å². The van der Waals surface area contributed by atoms with Crippen LogP contribution in [0.1, 0.15) is 0 Å². The number of ether oxygens (including phenoxy) is 2. The summed E-state index contributed by atoms with van der Waals surface area (Å²) in [6, 6.07) is 9.76. The molecule has 0 fully saturated rings. The molecule has 0 heterocycles. The molecule has 3 amide bonds. The van der Waals surface area contributed by atoms with Crippen LogP contribution in [-0.4, -0.2) is 32.7 Å². The summed E-state index contributed by atoms with van der Waals surface area (Å²) in [6.45, 7) is -0.274. The average Bonchev–Trinajstić information content (AvgIpc) is 2.59. The van der Waals surface area contributed by atoms with Gasteiger partial charge in [-0.15, -0.1) is 0 Å². The van der Waals surface area contributed by atoms with E-state index in [4.69, 9.17) is 9.47 Å². The van der Waals surface area contributed by atoms with Crippen molar-refractivity contribution in [2.45, 2.75) is 0 Å². The summed E-state index contributed by atoms with van der Waals surface area (Å²) in [6.07, 6.45) is 0. The van der Waals surface area contributed by atoms with Gasteiger partial charge in [0.2, 0.25) is 5.91 Å². The van der Waals surface area contributed by atoms with Gasteiger partial charge in [-0.1, -0.05) is 6.07 Å². The number of urea groups is 1. The van der Waals surface area contributed by atoms with Crippen molar-refractivity contribution in [3.05, 3.63) is 48.3 Å². The van der Waals surface area contributed by atoms with Crippen molar-refractivity contribution in [3.63, 3.8) is 0 Å². The number of rotatable bonds is 6. The first kappa shape index (κ1) is 18.1. The standard InChI is InChI=1S/C17H18FN3O4/c1-24-14-7-13(8-15(9-14)25-2)21-17(23)19-10-16(22)20-12-5-3-4-11(18)6-12/h3-9H,10H2,1-2H3,(H,20,22)(H2,19,21,23). The highest BCUT2D eigenvalue weighted by Gasteiger charge is 2.08. The van der Waals surface area contributed by atoms with E-state index in [1.165, 1.54) is 32.4 Å². The van der Waals surface area contributed by atoms with Gasteiger partial charge in [-0.25, -0.2) is 9.18 Å². The normalized spacial score (nSPS) is 9.88. The van der Waals surface area contributed by atoms with Gasteiger partial charge in [-0.2, -0.15) is 0 Å². The van der Waals surface area contributed by atoms with Crippen molar-refractivity contribution >= 4 is 23.3 Å². The van der Waals surface area contributed by atoms with E-state index < -0.39 is 17.8 Å². The number of halogens is 1. The third kappa shape index (κ3) is 5.69. The zero-order valence-electron chi connectivity index (χ0n) is 13.8. The molecule has 0 saturated heterocycles. The molecule has 0 bridgehead atoms. The Labute approximate surface area is 144 Å². The number of hydrogen-bond donors (Lipinski definition) is 3. The topological polar surface area (TPSA) is 88.7 Å². The highest BCUT2D eigenvalue weighted by Crippen LogP contribution is 2.25. The van der Waals surface area contributed by atoms with Crippen LogP contribution in [0, 0.1) is 5.82 Å². The minimum atomic E-state index is -0.579. The molecule has 2 rings (SSSR count). The van der Waals surface area contributed by atoms with Gasteiger partial charge in [0.05, 0.1) is 20.8 Å². The summed E-state index contributed by atoms with van der Waals surface area (Å²) in [4.78, 5) is 23.6. The predicted octanol–water partition coefficient (Wildman–Crippen LogP) is 2.60. The molecule has 0 aliphatic carbocycles. The lowest BCUT2D eigenvalue weighted by atomic mass is 10.3. The van der Waals surface area contributed by atoms with Gasteiger partial charge in [0.25, 0.3) is 0 Å². The first-order valence-corrected chi connectivity index (χ1v) is 7.33. The smallest absolute Gasteiger partial charge is 0.319 e. The summed E-state index contributed by atoms with van der Waals surface area (Å²) in [5.74, 6) is 0.0800. The minimum Gasteiger partial charge on any atom is -0.497 e. The summed E-state index contributed by atoms with van der Waals surface area (Å²) >= 11 is 0. The fourth-order valence-corrected chi connectivity index (χ4v) is 1.99. The van der Waals surface area contributed by atoms with Crippen LogP contribution in [0.3, 0.4) is 0 Å². The fraction of sp³-hybridized carbons (Fsp3) is 0.176. The van der Waals surface area contributed by atoms with Gasteiger partial charge in [0.1, 0.15) is 17.3 Å². The molecule has 0 radical (unpaired) electrons. The Morgan fingerprint density at radius 1 is 0.960 bits per heavy atom. The third-order valence-corrected chi connectivity index (χ3v) is 3.13. The summed E-state index contributed by atoms with van der Waals surface area (Å²) in [5.41, 5.74) is 0.754. The van der Waals surface area contributed by atoms with Gasteiger partial charge in [-0.05, 0) is 18.2 Å². The van der Waals surface area contributed by atoms with E-state index >= 15 is 0 Å².